The van der Waals surface area contributed by atoms with E-state index >= 15 is 0 Å². The number of nitrogens with zero attached hydrogens (tertiary/aromatic N) is 3. The normalized spacial score (nSPS) is 18.4. The first-order valence-corrected chi connectivity index (χ1v) is 6.55. The van der Waals surface area contributed by atoms with Gasteiger partial charge in [-0.1, -0.05) is 0 Å². The molecule has 1 fully saturated rings. The molecule has 7 nitrogen and oxygen atoms in total. The summed E-state index contributed by atoms with van der Waals surface area (Å²) < 4.78 is 0. The maximum Gasteiger partial charge on any atom is 0.325 e. The number of piperazine rings is 1. The van der Waals surface area contributed by atoms with Gasteiger partial charge in [-0.3, -0.25) is 9.69 Å². The molecule has 0 aromatic carbocycles. The third-order valence-electron chi connectivity index (χ3n) is 3.23. The SMILES string of the molecule is CC(NC(=O)N1CCN(CCN(C)C)CC1)C(=O)O. The summed E-state index contributed by atoms with van der Waals surface area (Å²) in [6, 6.07) is -1.14. The van der Waals surface area contributed by atoms with Crippen molar-refractivity contribution in [1.29, 1.82) is 0 Å². The molecule has 1 unspecified atom stereocenters. The molecular formula is C12H24N4O3. The van der Waals surface area contributed by atoms with Gasteiger partial charge in [-0.25, -0.2) is 4.79 Å². The fraction of sp³-hybridized carbons (Fsp3) is 0.833. The lowest BCUT2D eigenvalue weighted by molar-refractivity contribution is -0.138. The highest BCUT2D eigenvalue weighted by atomic mass is 16.4. The first-order valence-electron chi connectivity index (χ1n) is 6.55. The molecule has 2 amide bonds. The minimum absolute atomic E-state index is 0.290. The van der Waals surface area contributed by atoms with Gasteiger partial charge in [-0.2, -0.15) is 0 Å². The lowest BCUT2D eigenvalue weighted by Gasteiger charge is -2.35. The number of carbonyl (C=O) groups excluding carboxylic acids is 1. The maximum atomic E-state index is 11.8. The molecule has 1 rings (SSSR count). The van der Waals surface area contributed by atoms with Crippen LogP contribution in [-0.2, 0) is 4.79 Å². The van der Waals surface area contributed by atoms with Crippen molar-refractivity contribution in [3.05, 3.63) is 0 Å². The first kappa shape index (κ1) is 15.7. The minimum Gasteiger partial charge on any atom is -0.480 e. The van der Waals surface area contributed by atoms with Crippen LogP contribution in [0.5, 0.6) is 0 Å². The van der Waals surface area contributed by atoms with E-state index in [4.69, 9.17) is 5.11 Å². The topological polar surface area (TPSA) is 76.1 Å². The van der Waals surface area contributed by atoms with Crippen molar-refractivity contribution < 1.29 is 14.7 Å². The Balaban J connectivity index is 2.29. The van der Waals surface area contributed by atoms with Gasteiger partial charge in [0.1, 0.15) is 6.04 Å². The average Bonchev–Trinajstić information content (AvgIpc) is 2.36. The van der Waals surface area contributed by atoms with Gasteiger partial charge in [-0.05, 0) is 21.0 Å². The smallest absolute Gasteiger partial charge is 0.325 e. The maximum absolute atomic E-state index is 11.8. The van der Waals surface area contributed by atoms with Crippen LogP contribution in [-0.4, -0.2) is 91.2 Å². The summed E-state index contributed by atoms with van der Waals surface area (Å²) in [6.45, 7) is 6.42. The molecule has 0 radical (unpaired) electrons. The molecule has 0 aromatic rings. The zero-order chi connectivity index (χ0) is 14.4. The molecule has 1 saturated heterocycles. The van der Waals surface area contributed by atoms with Crippen LogP contribution in [0.25, 0.3) is 0 Å². The van der Waals surface area contributed by atoms with E-state index in [1.165, 1.54) is 6.92 Å². The van der Waals surface area contributed by atoms with Crippen LogP contribution >= 0.6 is 0 Å². The summed E-state index contributed by atoms with van der Waals surface area (Å²) in [5.41, 5.74) is 0. The summed E-state index contributed by atoms with van der Waals surface area (Å²) in [4.78, 5) is 28.6. The van der Waals surface area contributed by atoms with Crippen LogP contribution < -0.4 is 5.32 Å². The number of urea groups is 1. The second-order valence-electron chi connectivity index (χ2n) is 5.14. The molecule has 2 N–H and O–H groups in total. The van der Waals surface area contributed by atoms with Crippen LogP contribution in [0.1, 0.15) is 6.92 Å². The Hall–Kier alpha value is -1.34. The molecule has 1 heterocycles. The van der Waals surface area contributed by atoms with Crippen molar-refractivity contribution in [2.75, 3.05) is 53.4 Å². The molecule has 110 valence electrons. The number of likely N-dealkylation sites (N-methyl/N-ethyl adjacent to an activating group) is 1. The van der Waals surface area contributed by atoms with Crippen molar-refractivity contribution in [2.45, 2.75) is 13.0 Å². The standard InChI is InChI=1S/C12H24N4O3/c1-10(11(17)18)13-12(19)16-8-6-15(7-9-16)5-4-14(2)3/h10H,4-9H2,1-3H3,(H,13,19)(H,17,18). The molecule has 0 spiro atoms. The first-order chi connectivity index (χ1) is 8.90. The number of nitrogens with one attached hydrogen (secondary N) is 1. The third kappa shape index (κ3) is 5.44. The average molecular weight is 272 g/mol. The molecule has 0 saturated carbocycles. The van der Waals surface area contributed by atoms with Gasteiger partial charge in [0.05, 0.1) is 0 Å². The van der Waals surface area contributed by atoms with E-state index in [-0.39, 0.29) is 6.03 Å². The Labute approximate surface area is 114 Å². The molecule has 1 aliphatic heterocycles. The number of carbonyl (C=O) groups is 2. The lowest BCUT2D eigenvalue weighted by atomic mass is 10.3. The van der Waals surface area contributed by atoms with Gasteiger partial charge in [-0.15, -0.1) is 0 Å². The van der Waals surface area contributed by atoms with Gasteiger partial charge < -0.3 is 20.2 Å². The lowest BCUT2D eigenvalue weighted by Crippen LogP contribution is -2.54. The van der Waals surface area contributed by atoms with Crippen LogP contribution in [0.3, 0.4) is 0 Å². The Morgan fingerprint density at radius 3 is 2.32 bits per heavy atom. The second-order valence-corrected chi connectivity index (χ2v) is 5.14. The van der Waals surface area contributed by atoms with E-state index in [1.807, 2.05) is 14.1 Å². The molecule has 1 atom stereocenters. The summed E-state index contributed by atoms with van der Waals surface area (Å²) in [5, 5.41) is 11.2. The quantitative estimate of drug-likeness (QED) is 0.695. The van der Waals surface area contributed by atoms with Crippen molar-refractivity contribution in [3.8, 4) is 0 Å². The molecule has 7 heteroatoms. The Kier molecular flexibility index (Phi) is 6.04. The van der Waals surface area contributed by atoms with E-state index in [2.05, 4.69) is 15.1 Å². The Morgan fingerprint density at radius 1 is 1.26 bits per heavy atom. The number of rotatable bonds is 5. The van der Waals surface area contributed by atoms with E-state index in [1.54, 1.807) is 4.90 Å². The predicted molar refractivity (Wildman–Crippen MR) is 72.2 cm³/mol. The predicted octanol–water partition coefficient (Wildman–Crippen LogP) is -0.652. The molecule has 0 bridgehead atoms. The van der Waals surface area contributed by atoms with Crippen LogP contribution in [0, 0.1) is 0 Å². The summed E-state index contributed by atoms with van der Waals surface area (Å²) >= 11 is 0. The summed E-state index contributed by atoms with van der Waals surface area (Å²) in [5.74, 6) is -1.02. The monoisotopic (exact) mass is 272 g/mol. The highest BCUT2D eigenvalue weighted by Gasteiger charge is 2.23. The number of carboxylic acid groups (broad SMARTS) is 1. The van der Waals surface area contributed by atoms with Gasteiger partial charge in [0.15, 0.2) is 0 Å². The fourth-order valence-corrected chi connectivity index (χ4v) is 1.85. The van der Waals surface area contributed by atoms with Crippen LogP contribution in [0.2, 0.25) is 0 Å². The minimum atomic E-state index is -1.02. The Bertz CT molecular complexity index is 314. The fourth-order valence-electron chi connectivity index (χ4n) is 1.85. The number of carboxylic acids is 1. The van der Waals surface area contributed by atoms with Crippen molar-refractivity contribution in [3.63, 3.8) is 0 Å². The second kappa shape index (κ2) is 7.30. The highest BCUT2D eigenvalue weighted by molar-refractivity contribution is 5.82. The highest BCUT2D eigenvalue weighted by Crippen LogP contribution is 2.02. The van der Waals surface area contributed by atoms with Crippen LogP contribution in [0.15, 0.2) is 0 Å². The summed E-state index contributed by atoms with van der Waals surface area (Å²) in [6.07, 6.45) is 0. The molecule has 1 aliphatic rings. The molecular weight excluding hydrogens is 248 g/mol. The number of aliphatic carboxylic acids is 1. The largest absolute Gasteiger partial charge is 0.480 e. The van der Waals surface area contributed by atoms with E-state index in [0.29, 0.717) is 13.1 Å². The number of hydrogen-bond acceptors (Lipinski definition) is 4. The van der Waals surface area contributed by atoms with Crippen LogP contribution in [0.4, 0.5) is 4.79 Å². The van der Waals surface area contributed by atoms with Gasteiger partial charge in [0.2, 0.25) is 0 Å². The van der Waals surface area contributed by atoms with Crippen molar-refractivity contribution in [1.82, 2.24) is 20.0 Å². The van der Waals surface area contributed by atoms with Gasteiger partial charge in [0.25, 0.3) is 0 Å². The third-order valence-corrected chi connectivity index (χ3v) is 3.23. The molecule has 0 aromatic heterocycles. The van der Waals surface area contributed by atoms with E-state index < -0.39 is 12.0 Å². The molecule has 0 aliphatic carbocycles. The van der Waals surface area contributed by atoms with Gasteiger partial charge >= 0.3 is 12.0 Å². The number of hydrogen-bond donors (Lipinski definition) is 2. The van der Waals surface area contributed by atoms with Gasteiger partial charge in [0, 0.05) is 39.3 Å². The van der Waals surface area contributed by atoms with Crippen molar-refractivity contribution >= 4 is 12.0 Å². The zero-order valence-corrected chi connectivity index (χ0v) is 11.9. The molecule has 19 heavy (non-hydrogen) atoms. The van der Waals surface area contributed by atoms with E-state index in [0.717, 1.165) is 26.2 Å². The van der Waals surface area contributed by atoms with E-state index in [9.17, 15) is 9.59 Å². The number of amides is 2. The summed E-state index contributed by atoms with van der Waals surface area (Å²) in [7, 11) is 4.08. The Morgan fingerprint density at radius 2 is 1.84 bits per heavy atom. The zero-order valence-electron chi connectivity index (χ0n) is 11.9. The van der Waals surface area contributed by atoms with Crippen molar-refractivity contribution in [2.24, 2.45) is 0 Å².